The third-order valence-electron chi connectivity index (χ3n) is 3.63. The van der Waals surface area contributed by atoms with Crippen molar-refractivity contribution in [1.29, 1.82) is 0 Å². The summed E-state index contributed by atoms with van der Waals surface area (Å²) in [6.45, 7) is 6.29. The highest BCUT2D eigenvalue weighted by Crippen LogP contribution is 2.19. The van der Waals surface area contributed by atoms with Crippen molar-refractivity contribution in [2.45, 2.75) is 38.6 Å². The molecule has 0 amide bonds. The van der Waals surface area contributed by atoms with Crippen LogP contribution in [0.1, 0.15) is 31.7 Å². The molecule has 2 N–H and O–H groups in total. The fourth-order valence-electron chi connectivity index (χ4n) is 2.63. The Labute approximate surface area is 116 Å². The number of hydrogen-bond acceptors (Lipinski definition) is 3. The Hall–Kier alpha value is -1.06. The van der Waals surface area contributed by atoms with Crippen LogP contribution in [0.5, 0.6) is 5.75 Å². The van der Waals surface area contributed by atoms with Gasteiger partial charge in [0.1, 0.15) is 12.4 Å². The van der Waals surface area contributed by atoms with Crippen molar-refractivity contribution in [3.63, 3.8) is 0 Å². The lowest BCUT2D eigenvalue weighted by Gasteiger charge is -2.26. The summed E-state index contributed by atoms with van der Waals surface area (Å²) in [5, 5.41) is 0. The predicted molar refractivity (Wildman–Crippen MR) is 79.6 cm³/mol. The molecule has 1 saturated heterocycles. The smallest absolute Gasteiger partial charge is 0.122 e. The lowest BCUT2D eigenvalue weighted by Crippen LogP contribution is -2.33. The van der Waals surface area contributed by atoms with Gasteiger partial charge in [0.05, 0.1) is 0 Å². The van der Waals surface area contributed by atoms with Crippen LogP contribution < -0.4 is 10.5 Å². The lowest BCUT2D eigenvalue weighted by atomic mass is 10.1. The molecule has 1 aromatic carbocycles. The molecule has 1 aliphatic rings. The molecule has 0 aliphatic carbocycles. The zero-order valence-corrected chi connectivity index (χ0v) is 12.0. The molecule has 1 unspecified atom stereocenters. The highest BCUT2D eigenvalue weighted by atomic mass is 16.5. The average Bonchev–Trinajstić information content (AvgIpc) is 2.41. The number of benzene rings is 1. The van der Waals surface area contributed by atoms with Gasteiger partial charge in [-0.2, -0.15) is 0 Å². The Balaban J connectivity index is 1.81. The van der Waals surface area contributed by atoms with Crippen LogP contribution in [0.15, 0.2) is 24.3 Å². The Morgan fingerprint density at radius 1 is 1.21 bits per heavy atom. The Bertz CT molecular complexity index is 373. The molecule has 1 aromatic rings. The van der Waals surface area contributed by atoms with E-state index in [9.17, 15) is 0 Å². The molecule has 106 valence electrons. The molecular formula is C16H26N2O. The molecule has 3 nitrogen and oxygen atoms in total. The first-order chi connectivity index (χ1) is 9.25. The number of para-hydroxylation sites is 1. The predicted octanol–water partition coefficient (Wildman–Crippen LogP) is 2.44. The van der Waals surface area contributed by atoms with Gasteiger partial charge in [-0.25, -0.2) is 0 Å². The maximum absolute atomic E-state index is 5.94. The molecule has 0 spiro atoms. The number of piperidine rings is 1. The topological polar surface area (TPSA) is 38.5 Å². The Morgan fingerprint density at radius 2 is 1.95 bits per heavy atom. The second-order valence-electron chi connectivity index (χ2n) is 5.54. The van der Waals surface area contributed by atoms with E-state index in [1.165, 1.54) is 37.9 Å². The van der Waals surface area contributed by atoms with Gasteiger partial charge in [-0.3, -0.25) is 4.90 Å². The largest absolute Gasteiger partial charge is 0.492 e. The quantitative estimate of drug-likeness (QED) is 0.856. The van der Waals surface area contributed by atoms with E-state index < -0.39 is 0 Å². The molecule has 0 bridgehead atoms. The van der Waals surface area contributed by atoms with Gasteiger partial charge in [-0.15, -0.1) is 0 Å². The molecule has 1 heterocycles. The molecule has 2 rings (SSSR count). The number of hydrogen-bond donors (Lipinski definition) is 1. The fraction of sp³-hybridized carbons (Fsp3) is 0.625. The maximum Gasteiger partial charge on any atom is 0.122 e. The first-order valence-corrected chi connectivity index (χ1v) is 7.44. The van der Waals surface area contributed by atoms with Gasteiger partial charge in [0.2, 0.25) is 0 Å². The summed E-state index contributed by atoms with van der Waals surface area (Å²) in [5.41, 5.74) is 7.09. The minimum absolute atomic E-state index is 0.173. The zero-order chi connectivity index (χ0) is 13.5. The standard InChI is InChI=1S/C16H26N2O/c1-14(17)13-15-7-3-4-8-16(15)19-12-11-18-9-5-2-6-10-18/h3-4,7-8,14H,2,5-6,9-13,17H2,1H3. The zero-order valence-electron chi connectivity index (χ0n) is 12.0. The highest BCUT2D eigenvalue weighted by molar-refractivity contribution is 5.33. The van der Waals surface area contributed by atoms with E-state index in [1.54, 1.807) is 0 Å². The van der Waals surface area contributed by atoms with Crippen LogP contribution in [0.2, 0.25) is 0 Å². The molecule has 0 saturated carbocycles. The first kappa shape index (κ1) is 14.4. The molecule has 0 aromatic heterocycles. The number of nitrogens with zero attached hydrogens (tertiary/aromatic N) is 1. The van der Waals surface area contributed by atoms with Gasteiger partial charge in [0, 0.05) is 12.6 Å². The number of nitrogens with two attached hydrogens (primary N) is 1. The Kier molecular flexibility index (Phi) is 5.67. The van der Waals surface area contributed by atoms with E-state index in [2.05, 4.69) is 17.0 Å². The van der Waals surface area contributed by atoms with Gasteiger partial charge in [0.25, 0.3) is 0 Å². The Morgan fingerprint density at radius 3 is 2.68 bits per heavy atom. The minimum atomic E-state index is 0.173. The van der Waals surface area contributed by atoms with Gasteiger partial charge in [0.15, 0.2) is 0 Å². The normalized spacial score (nSPS) is 18.2. The van der Waals surface area contributed by atoms with Crippen molar-refractivity contribution in [2.24, 2.45) is 5.73 Å². The molecule has 0 radical (unpaired) electrons. The SMILES string of the molecule is CC(N)Cc1ccccc1OCCN1CCCCC1. The first-order valence-electron chi connectivity index (χ1n) is 7.44. The minimum Gasteiger partial charge on any atom is -0.492 e. The van der Waals surface area contributed by atoms with Gasteiger partial charge in [-0.05, 0) is 50.9 Å². The summed E-state index contributed by atoms with van der Waals surface area (Å²) >= 11 is 0. The van der Waals surface area contributed by atoms with E-state index in [0.29, 0.717) is 0 Å². The fourth-order valence-corrected chi connectivity index (χ4v) is 2.63. The monoisotopic (exact) mass is 262 g/mol. The van der Waals surface area contributed by atoms with E-state index in [0.717, 1.165) is 25.3 Å². The van der Waals surface area contributed by atoms with Crippen molar-refractivity contribution in [3.05, 3.63) is 29.8 Å². The summed E-state index contributed by atoms with van der Waals surface area (Å²) in [5.74, 6) is 0.997. The number of ether oxygens (including phenoxy) is 1. The molecule has 3 heteroatoms. The van der Waals surface area contributed by atoms with Crippen molar-refractivity contribution in [1.82, 2.24) is 4.90 Å². The molecule has 1 atom stereocenters. The van der Waals surface area contributed by atoms with Gasteiger partial charge >= 0.3 is 0 Å². The van der Waals surface area contributed by atoms with Crippen molar-refractivity contribution in [2.75, 3.05) is 26.2 Å². The van der Waals surface area contributed by atoms with Crippen LogP contribution in [0.25, 0.3) is 0 Å². The van der Waals surface area contributed by atoms with Crippen molar-refractivity contribution < 1.29 is 4.74 Å². The summed E-state index contributed by atoms with van der Waals surface area (Å²) in [6, 6.07) is 8.41. The van der Waals surface area contributed by atoms with Crippen LogP contribution in [0, 0.1) is 0 Å². The number of likely N-dealkylation sites (tertiary alicyclic amines) is 1. The summed E-state index contributed by atoms with van der Waals surface area (Å²) < 4.78 is 5.94. The molecule has 1 fully saturated rings. The highest BCUT2D eigenvalue weighted by Gasteiger charge is 2.10. The third-order valence-corrected chi connectivity index (χ3v) is 3.63. The van der Waals surface area contributed by atoms with E-state index >= 15 is 0 Å². The second-order valence-corrected chi connectivity index (χ2v) is 5.54. The van der Waals surface area contributed by atoms with Crippen molar-refractivity contribution >= 4 is 0 Å². The van der Waals surface area contributed by atoms with Gasteiger partial charge in [-0.1, -0.05) is 24.6 Å². The van der Waals surface area contributed by atoms with Crippen LogP contribution in [0.3, 0.4) is 0 Å². The summed E-state index contributed by atoms with van der Waals surface area (Å²) in [4.78, 5) is 2.50. The second kappa shape index (κ2) is 7.51. The van der Waals surface area contributed by atoms with E-state index in [4.69, 9.17) is 10.5 Å². The lowest BCUT2D eigenvalue weighted by molar-refractivity contribution is 0.182. The average molecular weight is 262 g/mol. The molecular weight excluding hydrogens is 236 g/mol. The van der Waals surface area contributed by atoms with E-state index in [1.807, 2.05) is 19.1 Å². The summed E-state index contributed by atoms with van der Waals surface area (Å²) in [7, 11) is 0. The van der Waals surface area contributed by atoms with Crippen LogP contribution in [-0.2, 0) is 6.42 Å². The summed E-state index contributed by atoms with van der Waals surface area (Å²) in [6.07, 6.45) is 4.93. The number of rotatable bonds is 6. The maximum atomic E-state index is 5.94. The van der Waals surface area contributed by atoms with E-state index in [-0.39, 0.29) is 6.04 Å². The van der Waals surface area contributed by atoms with Crippen LogP contribution >= 0.6 is 0 Å². The van der Waals surface area contributed by atoms with Gasteiger partial charge < -0.3 is 10.5 Å². The van der Waals surface area contributed by atoms with Crippen LogP contribution in [0.4, 0.5) is 0 Å². The van der Waals surface area contributed by atoms with Crippen molar-refractivity contribution in [3.8, 4) is 5.75 Å². The molecule has 19 heavy (non-hydrogen) atoms. The molecule has 1 aliphatic heterocycles. The van der Waals surface area contributed by atoms with Crippen LogP contribution in [-0.4, -0.2) is 37.2 Å². The third kappa shape index (κ3) is 4.84.